The van der Waals surface area contributed by atoms with E-state index in [2.05, 4.69) is 37.7 Å². The Kier molecular flexibility index (Phi) is 7.75. The van der Waals surface area contributed by atoms with E-state index < -0.39 is 6.17 Å². The molecule has 11 heteroatoms. The minimum Gasteiger partial charge on any atom is -0.467 e. The van der Waals surface area contributed by atoms with Crippen LogP contribution in [-0.4, -0.2) is 78.4 Å². The number of nitrogen functional groups attached to an aromatic ring is 1. The summed E-state index contributed by atoms with van der Waals surface area (Å²) in [6.07, 6.45) is 9.40. The molecule has 1 spiro atoms. The van der Waals surface area contributed by atoms with Crippen molar-refractivity contribution < 1.29 is 9.13 Å². The summed E-state index contributed by atoms with van der Waals surface area (Å²) in [6, 6.07) is 3.36. The number of aromatic nitrogens is 3. The lowest BCUT2D eigenvalue weighted by molar-refractivity contribution is 0.292. The fraction of sp³-hybridized carbons (Fsp3) is 0.724. The van der Waals surface area contributed by atoms with Crippen LogP contribution in [0.3, 0.4) is 0 Å². The predicted octanol–water partition coefficient (Wildman–Crippen LogP) is 4.31. The molecule has 4 fully saturated rings. The van der Waals surface area contributed by atoms with Gasteiger partial charge in [-0.15, -0.1) is 11.3 Å². The number of piperidine rings is 1. The van der Waals surface area contributed by atoms with Crippen molar-refractivity contribution >= 4 is 28.2 Å². The zero-order chi connectivity index (χ0) is 27.9. The van der Waals surface area contributed by atoms with Gasteiger partial charge in [0.15, 0.2) is 0 Å². The fourth-order valence-corrected chi connectivity index (χ4v) is 8.80. The van der Waals surface area contributed by atoms with Gasteiger partial charge in [0.2, 0.25) is 11.9 Å². The van der Waals surface area contributed by atoms with Gasteiger partial charge in [-0.05, 0) is 75.8 Å². The first-order valence-electron chi connectivity index (χ1n) is 14.9. The van der Waals surface area contributed by atoms with Crippen LogP contribution in [0.5, 0.6) is 6.01 Å². The molecule has 40 heavy (non-hydrogen) atoms. The molecule has 7 rings (SSSR count). The Morgan fingerprint density at radius 1 is 1.05 bits per heavy atom. The summed E-state index contributed by atoms with van der Waals surface area (Å²) in [4.78, 5) is 22.1. The van der Waals surface area contributed by atoms with E-state index in [9.17, 15) is 9.65 Å². The van der Waals surface area contributed by atoms with Crippen molar-refractivity contribution in [1.29, 1.82) is 5.26 Å². The molecule has 2 N–H and O–H groups in total. The van der Waals surface area contributed by atoms with E-state index in [1.54, 1.807) is 18.4 Å². The Balaban J connectivity index is 0.000000271. The molecular weight excluding hydrogens is 527 g/mol. The normalized spacial score (nSPS) is 29.6. The summed E-state index contributed by atoms with van der Waals surface area (Å²) in [5.74, 6) is 2.01. The molecule has 4 unspecified atom stereocenters. The molecule has 5 aliphatic rings. The third-order valence-corrected chi connectivity index (χ3v) is 10.6. The average Bonchev–Trinajstić information content (AvgIpc) is 3.72. The number of aryl methyl sites for hydroxylation is 1. The number of nitrogens with zero attached hydrogens (tertiary/aromatic N) is 7. The van der Waals surface area contributed by atoms with E-state index in [-0.39, 0.29) is 5.41 Å². The second-order valence-corrected chi connectivity index (χ2v) is 13.4. The van der Waals surface area contributed by atoms with Crippen LogP contribution in [0.25, 0.3) is 0 Å². The third-order valence-electron chi connectivity index (χ3n) is 9.52. The number of rotatable bonds is 3. The highest BCUT2D eigenvalue weighted by Gasteiger charge is 2.46. The van der Waals surface area contributed by atoms with E-state index >= 15 is 0 Å². The van der Waals surface area contributed by atoms with Gasteiger partial charge in [-0.25, -0.2) is 4.39 Å². The topological polar surface area (TPSA) is 107 Å². The molecule has 4 aliphatic heterocycles. The zero-order valence-corrected chi connectivity index (χ0v) is 24.6. The van der Waals surface area contributed by atoms with Gasteiger partial charge in [0.1, 0.15) is 17.2 Å². The lowest BCUT2D eigenvalue weighted by atomic mass is 9.70. The molecule has 216 valence electrons. The average molecular weight is 569 g/mol. The van der Waals surface area contributed by atoms with E-state index in [0.717, 1.165) is 71.2 Å². The monoisotopic (exact) mass is 568 g/mol. The van der Waals surface area contributed by atoms with Gasteiger partial charge >= 0.3 is 6.01 Å². The first kappa shape index (κ1) is 27.5. The second kappa shape index (κ2) is 11.3. The van der Waals surface area contributed by atoms with Crippen LogP contribution in [0.4, 0.5) is 21.3 Å². The summed E-state index contributed by atoms with van der Waals surface area (Å²) >= 11 is 1.60. The highest BCUT2D eigenvalue weighted by atomic mass is 32.1. The molecule has 0 saturated carbocycles. The number of alkyl halides is 1. The molecule has 2 aromatic heterocycles. The Bertz CT molecular complexity index is 1250. The van der Waals surface area contributed by atoms with Crippen LogP contribution in [0.15, 0.2) is 0 Å². The molecule has 4 saturated heterocycles. The predicted molar refractivity (Wildman–Crippen MR) is 156 cm³/mol. The van der Waals surface area contributed by atoms with Crippen molar-refractivity contribution in [2.24, 2.45) is 5.92 Å². The van der Waals surface area contributed by atoms with Crippen molar-refractivity contribution in [3.05, 3.63) is 16.0 Å². The number of thiophene rings is 1. The highest BCUT2D eigenvalue weighted by Crippen LogP contribution is 2.50. The third kappa shape index (κ3) is 5.20. The van der Waals surface area contributed by atoms with Gasteiger partial charge in [0.25, 0.3) is 0 Å². The standard InChI is InChI=1S/C22H29N7OS.C7H12FN/c1-14-5-4-9-28(12-14)19-25-20(27-21(26-19)30-2)29-10-8-22(13-29)7-3-6-16-17(22)15(11-23)18(24)31-16;8-6-4-7-2-1-3-9(7)5-6/h14H,3-10,12-13,24H2,1-2H3;6-7H,1-5H2. The molecule has 0 amide bonds. The minimum absolute atomic E-state index is 0.0492. The van der Waals surface area contributed by atoms with Gasteiger partial charge < -0.3 is 20.3 Å². The van der Waals surface area contributed by atoms with Crippen molar-refractivity contribution in [3.8, 4) is 12.1 Å². The number of nitrogens with two attached hydrogens (primary N) is 1. The number of fused-ring (bicyclic) bond motifs is 3. The summed E-state index contributed by atoms with van der Waals surface area (Å²) < 4.78 is 18.0. The van der Waals surface area contributed by atoms with Crippen molar-refractivity contribution in [3.63, 3.8) is 0 Å². The molecule has 0 aromatic carbocycles. The van der Waals surface area contributed by atoms with Crippen molar-refractivity contribution in [2.45, 2.75) is 82.3 Å². The van der Waals surface area contributed by atoms with Gasteiger partial charge in [0, 0.05) is 49.1 Å². The van der Waals surface area contributed by atoms with Crippen molar-refractivity contribution in [2.75, 3.05) is 61.9 Å². The van der Waals surface area contributed by atoms with Gasteiger partial charge in [-0.2, -0.15) is 20.2 Å². The lowest BCUT2D eigenvalue weighted by Gasteiger charge is -2.34. The van der Waals surface area contributed by atoms with E-state index in [0.29, 0.717) is 47.0 Å². The van der Waals surface area contributed by atoms with Gasteiger partial charge in [-0.3, -0.25) is 4.90 Å². The SMILES string of the molecule is COc1nc(N2CCCC(C)C2)nc(N2CCC3(CCCc4sc(N)c(C#N)c43)C2)n1.FC1CC2CCCN2C1. The van der Waals surface area contributed by atoms with Gasteiger partial charge in [-0.1, -0.05) is 6.92 Å². The highest BCUT2D eigenvalue weighted by molar-refractivity contribution is 7.16. The van der Waals surface area contributed by atoms with Gasteiger partial charge in [0.05, 0.1) is 12.7 Å². The summed E-state index contributed by atoms with van der Waals surface area (Å²) in [7, 11) is 1.61. The number of methoxy groups -OCH3 is 1. The summed E-state index contributed by atoms with van der Waals surface area (Å²) in [5, 5.41) is 10.4. The molecule has 4 atom stereocenters. The van der Waals surface area contributed by atoms with Crippen LogP contribution in [0, 0.1) is 17.2 Å². The number of hydrogen-bond acceptors (Lipinski definition) is 10. The number of nitriles is 1. The molecule has 1 aliphatic carbocycles. The first-order valence-corrected chi connectivity index (χ1v) is 15.7. The second-order valence-electron chi connectivity index (χ2n) is 12.3. The van der Waals surface area contributed by atoms with E-state index in [1.807, 2.05) is 0 Å². The molecule has 0 bridgehead atoms. The largest absolute Gasteiger partial charge is 0.467 e. The number of halogens is 1. The first-order chi connectivity index (χ1) is 19.4. The Morgan fingerprint density at radius 2 is 1.85 bits per heavy atom. The minimum atomic E-state index is -0.518. The zero-order valence-electron chi connectivity index (χ0n) is 23.7. The number of anilines is 3. The Hall–Kier alpha value is -2.71. The van der Waals surface area contributed by atoms with Crippen molar-refractivity contribution in [1.82, 2.24) is 19.9 Å². The van der Waals surface area contributed by atoms with Crippen LogP contribution >= 0.6 is 11.3 Å². The van der Waals surface area contributed by atoms with Crippen LogP contribution in [0.2, 0.25) is 0 Å². The summed E-state index contributed by atoms with van der Waals surface area (Å²) in [5.41, 5.74) is 8.04. The molecule has 9 nitrogen and oxygen atoms in total. The maximum atomic E-state index is 12.6. The quantitative estimate of drug-likeness (QED) is 0.580. The molecule has 0 radical (unpaired) electrons. The lowest BCUT2D eigenvalue weighted by Crippen LogP contribution is -2.37. The molecular formula is C29H41FN8OS. The van der Waals surface area contributed by atoms with E-state index in [1.165, 1.54) is 29.7 Å². The van der Waals surface area contributed by atoms with Crippen LogP contribution in [-0.2, 0) is 11.8 Å². The van der Waals surface area contributed by atoms with Crippen LogP contribution < -0.4 is 20.3 Å². The van der Waals surface area contributed by atoms with E-state index in [4.69, 9.17) is 15.5 Å². The molecule has 2 aromatic rings. The number of hydrogen-bond donors (Lipinski definition) is 1. The summed E-state index contributed by atoms with van der Waals surface area (Å²) in [6.45, 7) is 7.70. The maximum Gasteiger partial charge on any atom is 0.322 e. The number of ether oxygens (including phenoxy) is 1. The van der Waals surface area contributed by atoms with Crippen LogP contribution in [0.1, 0.15) is 74.3 Å². The Morgan fingerprint density at radius 3 is 2.60 bits per heavy atom. The molecule has 6 heterocycles. The maximum absolute atomic E-state index is 12.6. The Labute approximate surface area is 240 Å². The fourth-order valence-electron chi connectivity index (χ4n) is 7.62. The smallest absolute Gasteiger partial charge is 0.322 e.